The first kappa shape index (κ1) is 26.1. The van der Waals surface area contributed by atoms with Crippen LogP contribution in [0.15, 0.2) is 91.0 Å². The van der Waals surface area contributed by atoms with E-state index in [4.69, 9.17) is 23.7 Å². The van der Waals surface area contributed by atoms with Crippen molar-refractivity contribution in [3.63, 3.8) is 0 Å². The lowest BCUT2D eigenvalue weighted by atomic mass is 10.2. The SMILES string of the molecule is COc1cc(OC)c(C(=O)Pc2ccc(OCc3ccccc3)cc2OCc2ccccc2)c(OC)c1. The van der Waals surface area contributed by atoms with Gasteiger partial charge in [0.2, 0.25) is 0 Å². The van der Waals surface area contributed by atoms with E-state index >= 15 is 0 Å². The molecule has 0 fully saturated rings. The van der Waals surface area contributed by atoms with Gasteiger partial charge in [-0.3, -0.25) is 4.79 Å². The summed E-state index contributed by atoms with van der Waals surface area (Å²) in [5, 5.41) is 0.757. The average Bonchev–Trinajstić information content (AvgIpc) is 2.96. The molecule has 0 saturated carbocycles. The summed E-state index contributed by atoms with van der Waals surface area (Å²) in [6.07, 6.45) is 0. The van der Waals surface area contributed by atoms with Crippen LogP contribution in [0.5, 0.6) is 28.7 Å². The molecule has 4 aromatic carbocycles. The molecule has 1 atom stereocenters. The van der Waals surface area contributed by atoms with E-state index in [9.17, 15) is 4.79 Å². The maximum atomic E-state index is 13.5. The van der Waals surface area contributed by atoms with E-state index in [0.717, 1.165) is 16.4 Å². The first-order valence-corrected chi connectivity index (χ1v) is 12.7. The Labute approximate surface area is 218 Å². The normalized spacial score (nSPS) is 10.8. The second-order valence-electron chi connectivity index (χ2n) is 8.07. The van der Waals surface area contributed by atoms with Crippen LogP contribution in [0, 0.1) is 0 Å². The Kier molecular flexibility index (Phi) is 9.01. The molecule has 0 aliphatic heterocycles. The predicted molar refractivity (Wildman–Crippen MR) is 146 cm³/mol. The van der Waals surface area contributed by atoms with Crippen molar-refractivity contribution in [2.24, 2.45) is 0 Å². The van der Waals surface area contributed by atoms with Gasteiger partial charge in [-0.05, 0) is 31.8 Å². The van der Waals surface area contributed by atoms with Crippen molar-refractivity contribution in [1.29, 1.82) is 0 Å². The zero-order chi connectivity index (χ0) is 26.0. The van der Waals surface area contributed by atoms with Crippen LogP contribution in [-0.4, -0.2) is 26.9 Å². The highest BCUT2D eigenvalue weighted by atomic mass is 31.1. The van der Waals surface area contributed by atoms with Crippen molar-refractivity contribution < 1.29 is 28.5 Å². The van der Waals surface area contributed by atoms with E-state index in [-0.39, 0.29) is 14.1 Å². The van der Waals surface area contributed by atoms with Crippen LogP contribution in [-0.2, 0) is 13.2 Å². The van der Waals surface area contributed by atoms with Crippen molar-refractivity contribution >= 4 is 19.4 Å². The second kappa shape index (κ2) is 12.8. The van der Waals surface area contributed by atoms with Gasteiger partial charge in [0.15, 0.2) is 5.52 Å². The minimum Gasteiger partial charge on any atom is -0.496 e. The molecule has 0 aromatic heterocycles. The summed E-state index contributed by atoms with van der Waals surface area (Å²) < 4.78 is 28.5. The summed E-state index contributed by atoms with van der Waals surface area (Å²) in [5.41, 5.74) is 2.31. The summed E-state index contributed by atoms with van der Waals surface area (Å²) in [6, 6.07) is 28.7. The molecule has 0 heterocycles. The van der Waals surface area contributed by atoms with Gasteiger partial charge in [0.25, 0.3) is 0 Å². The topological polar surface area (TPSA) is 63.2 Å². The Morgan fingerprint density at radius 2 is 1.16 bits per heavy atom. The Bertz CT molecular complexity index is 1300. The van der Waals surface area contributed by atoms with Gasteiger partial charge < -0.3 is 23.7 Å². The molecular weight excluding hydrogens is 487 g/mol. The number of benzene rings is 4. The number of carbonyl (C=O) groups excluding carboxylic acids is 1. The van der Waals surface area contributed by atoms with Gasteiger partial charge in [0.05, 0.1) is 21.3 Å². The van der Waals surface area contributed by atoms with E-state index in [0.29, 0.717) is 47.5 Å². The second-order valence-corrected chi connectivity index (χ2v) is 9.31. The van der Waals surface area contributed by atoms with Gasteiger partial charge in [-0.2, -0.15) is 0 Å². The number of ether oxygens (including phenoxy) is 5. The fraction of sp³-hybridized carbons (Fsp3) is 0.167. The van der Waals surface area contributed by atoms with Crippen LogP contribution >= 0.6 is 8.58 Å². The smallest absolute Gasteiger partial charge is 0.193 e. The minimum absolute atomic E-state index is 0.140. The molecule has 0 aliphatic rings. The highest BCUT2D eigenvalue weighted by Gasteiger charge is 2.22. The van der Waals surface area contributed by atoms with Crippen molar-refractivity contribution in [3.8, 4) is 28.7 Å². The van der Waals surface area contributed by atoms with Crippen molar-refractivity contribution in [1.82, 2.24) is 0 Å². The molecule has 4 aromatic rings. The van der Waals surface area contributed by atoms with E-state index < -0.39 is 0 Å². The zero-order valence-electron chi connectivity index (χ0n) is 21.0. The molecule has 37 heavy (non-hydrogen) atoms. The molecule has 7 heteroatoms. The van der Waals surface area contributed by atoms with Crippen LogP contribution in [0.3, 0.4) is 0 Å². The van der Waals surface area contributed by atoms with Crippen LogP contribution in [0.4, 0.5) is 0 Å². The quantitative estimate of drug-likeness (QED) is 0.215. The van der Waals surface area contributed by atoms with E-state index in [2.05, 4.69) is 0 Å². The van der Waals surface area contributed by atoms with E-state index in [1.165, 1.54) is 14.2 Å². The first-order chi connectivity index (χ1) is 18.1. The molecule has 4 rings (SSSR count). The molecular formula is C30H29O6P. The summed E-state index contributed by atoms with van der Waals surface area (Å²) in [7, 11) is 4.35. The van der Waals surface area contributed by atoms with E-state index in [1.807, 2.05) is 78.9 Å². The monoisotopic (exact) mass is 516 g/mol. The third kappa shape index (κ3) is 6.81. The number of hydrogen-bond donors (Lipinski definition) is 0. The lowest BCUT2D eigenvalue weighted by Crippen LogP contribution is -2.10. The first-order valence-electron chi connectivity index (χ1n) is 11.7. The van der Waals surface area contributed by atoms with Gasteiger partial charge >= 0.3 is 0 Å². The largest absolute Gasteiger partial charge is 0.496 e. The third-order valence-corrected chi connectivity index (χ3v) is 6.79. The number of carbonyl (C=O) groups is 1. The fourth-order valence-electron chi connectivity index (χ4n) is 3.71. The van der Waals surface area contributed by atoms with Gasteiger partial charge in [0, 0.05) is 23.5 Å². The summed E-state index contributed by atoms with van der Waals surface area (Å²) >= 11 is 0. The van der Waals surface area contributed by atoms with Crippen molar-refractivity contribution in [2.45, 2.75) is 13.2 Å². The Hall–Kier alpha value is -4.02. The van der Waals surface area contributed by atoms with Gasteiger partial charge in [-0.25, -0.2) is 0 Å². The maximum Gasteiger partial charge on any atom is 0.193 e. The lowest BCUT2D eigenvalue weighted by molar-refractivity contribution is 0.108. The van der Waals surface area contributed by atoms with Crippen LogP contribution < -0.4 is 29.0 Å². The van der Waals surface area contributed by atoms with Gasteiger partial charge in [-0.1, -0.05) is 60.7 Å². The number of hydrogen-bond acceptors (Lipinski definition) is 6. The van der Waals surface area contributed by atoms with Crippen molar-refractivity contribution in [3.05, 3.63) is 108 Å². The Morgan fingerprint density at radius 1 is 0.622 bits per heavy atom. The zero-order valence-corrected chi connectivity index (χ0v) is 22.0. The molecule has 0 spiro atoms. The molecule has 0 radical (unpaired) electrons. The van der Waals surface area contributed by atoms with Crippen LogP contribution in [0.25, 0.3) is 0 Å². The fourth-order valence-corrected chi connectivity index (χ4v) is 4.76. The lowest BCUT2D eigenvalue weighted by Gasteiger charge is -2.16. The molecule has 0 bridgehead atoms. The molecule has 6 nitrogen and oxygen atoms in total. The number of rotatable bonds is 12. The number of methoxy groups -OCH3 is 3. The van der Waals surface area contributed by atoms with Crippen LogP contribution in [0.1, 0.15) is 21.5 Å². The molecule has 0 amide bonds. The Balaban J connectivity index is 1.61. The van der Waals surface area contributed by atoms with Crippen molar-refractivity contribution in [2.75, 3.05) is 21.3 Å². The summed E-state index contributed by atoms with van der Waals surface area (Å²) in [6.45, 7) is 0.795. The highest BCUT2D eigenvalue weighted by molar-refractivity contribution is 7.66. The molecule has 0 aliphatic carbocycles. The highest BCUT2D eigenvalue weighted by Crippen LogP contribution is 2.39. The maximum absolute atomic E-state index is 13.5. The Morgan fingerprint density at radius 3 is 1.70 bits per heavy atom. The minimum atomic E-state index is -0.231. The van der Waals surface area contributed by atoms with Gasteiger partial charge in [-0.15, -0.1) is 0 Å². The molecule has 1 unspecified atom stereocenters. The van der Waals surface area contributed by atoms with Gasteiger partial charge in [0.1, 0.15) is 47.5 Å². The predicted octanol–water partition coefficient (Wildman–Crippen LogP) is 6.01. The average molecular weight is 517 g/mol. The van der Waals surface area contributed by atoms with Crippen LogP contribution in [0.2, 0.25) is 0 Å². The van der Waals surface area contributed by atoms with E-state index in [1.54, 1.807) is 19.2 Å². The molecule has 0 N–H and O–H groups in total. The molecule has 0 saturated heterocycles. The molecule has 190 valence electrons. The summed E-state index contributed by atoms with van der Waals surface area (Å²) in [5.74, 6) is 2.58. The standard InChI is InChI=1S/C30H29O6P/c1-32-24-17-26(33-2)29(27(18-24)34-3)30(31)37-28-15-14-23(35-19-21-10-6-4-7-11-21)16-25(28)36-20-22-12-8-5-9-13-22/h4-18,37H,19-20H2,1-3H3. The third-order valence-electron chi connectivity index (χ3n) is 5.63. The summed E-state index contributed by atoms with van der Waals surface area (Å²) in [4.78, 5) is 13.5.